The van der Waals surface area contributed by atoms with Gasteiger partial charge in [-0.2, -0.15) is 0 Å². The average molecular weight is 226 g/mol. The molecule has 1 unspecified atom stereocenters. The average Bonchev–Trinajstić information content (AvgIpc) is 2.21. The second-order valence-corrected chi connectivity index (χ2v) is 4.43. The molecule has 0 aliphatic rings. The van der Waals surface area contributed by atoms with Crippen LogP contribution in [0, 0.1) is 6.92 Å². The second kappa shape index (κ2) is 6.14. The summed E-state index contributed by atoms with van der Waals surface area (Å²) in [6.45, 7) is 5.34. The van der Waals surface area contributed by atoms with Gasteiger partial charge in [0, 0.05) is 5.02 Å². The van der Waals surface area contributed by atoms with E-state index >= 15 is 0 Å². The molecule has 84 valence electrons. The Kier molecular flexibility index (Phi) is 5.13. The highest BCUT2D eigenvalue weighted by molar-refractivity contribution is 6.31. The van der Waals surface area contributed by atoms with Gasteiger partial charge in [0.25, 0.3) is 0 Å². The van der Waals surface area contributed by atoms with E-state index in [0.29, 0.717) is 5.92 Å². The first-order chi connectivity index (χ1) is 7.19. The van der Waals surface area contributed by atoms with Crippen molar-refractivity contribution in [2.45, 2.75) is 32.6 Å². The van der Waals surface area contributed by atoms with Crippen molar-refractivity contribution in [2.75, 3.05) is 13.6 Å². The van der Waals surface area contributed by atoms with Crippen LogP contribution in [-0.2, 0) is 0 Å². The number of rotatable bonds is 5. The molecule has 0 fully saturated rings. The third kappa shape index (κ3) is 3.51. The van der Waals surface area contributed by atoms with Crippen molar-refractivity contribution in [1.29, 1.82) is 0 Å². The van der Waals surface area contributed by atoms with Gasteiger partial charge in [-0.05, 0) is 56.5 Å². The zero-order chi connectivity index (χ0) is 11.3. The van der Waals surface area contributed by atoms with Crippen molar-refractivity contribution >= 4 is 11.6 Å². The van der Waals surface area contributed by atoms with Gasteiger partial charge in [-0.15, -0.1) is 0 Å². The van der Waals surface area contributed by atoms with Crippen LogP contribution in [0.2, 0.25) is 5.02 Å². The van der Waals surface area contributed by atoms with E-state index in [1.165, 1.54) is 11.1 Å². The molecular weight excluding hydrogens is 206 g/mol. The van der Waals surface area contributed by atoms with Gasteiger partial charge in [0.15, 0.2) is 0 Å². The summed E-state index contributed by atoms with van der Waals surface area (Å²) in [6.07, 6.45) is 2.29. The van der Waals surface area contributed by atoms with Crippen LogP contribution in [0.4, 0.5) is 0 Å². The Balaban J connectivity index is 2.81. The smallest absolute Gasteiger partial charge is 0.0443 e. The van der Waals surface area contributed by atoms with Gasteiger partial charge in [0.1, 0.15) is 0 Å². The lowest BCUT2D eigenvalue weighted by Gasteiger charge is -2.17. The van der Waals surface area contributed by atoms with Crippen LogP contribution in [0.1, 0.15) is 36.8 Å². The predicted octanol–water partition coefficient (Wildman–Crippen LogP) is 3.75. The lowest BCUT2D eigenvalue weighted by atomic mass is 9.92. The van der Waals surface area contributed by atoms with E-state index in [1.54, 1.807) is 0 Å². The monoisotopic (exact) mass is 225 g/mol. The van der Waals surface area contributed by atoms with E-state index in [0.717, 1.165) is 24.4 Å². The Morgan fingerprint density at radius 2 is 2.13 bits per heavy atom. The molecule has 0 bridgehead atoms. The molecule has 15 heavy (non-hydrogen) atoms. The molecule has 1 N–H and O–H groups in total. The van der Waals surface area contributed by atoms with Crippen LogP contribution in [0.15, 0.2) is 18.2 Å². The molecule has 1 atom stereocenters. The summed E-state index contributed by atoms with van der Waals surface area (Å²) >= 11 is 6.26. The molecule has 1 nitrogen and oxygen atoms in total. The van der Waals surface area contributed by atoms with Gasteiger partial charge in [-0.25, -0.2) is 0 Å². The Morgan fingerprint density at radius 1 is 1.40 bits per heavy atom. The third-order valence-corrected chi connectivity index (χ3v) is 3.16. The van der Waals surface area contributed by atoms with Crippen molar-refractivity contribution in [3.05, 3.63) is 34.3 Å². The topological polar surface area (TPSA) is 12.0 Å². The minimum absolute atomic E-state index is 0.575. The Labute approximate surface area is 97.8 Å². The van der Waals surface area contributed by atoms with Gasteiger partial charge in [0.05, 0.1) is 0 Å². The van der Waals surface area contributed by atoms with Crippen molar-refractivity contribution in [2.24, 2.45) is 0 Å². The first kappa shape index (κ1) is 12.5. The molecular formula is C13H20ClN. The van der Waals surface area contributed by atoms with Crippen LogP contribution in [-0.4, -0.2) is 13.6 Å². The first-order valence-electron chi connectivity index (χ1n) is 5.59. The molecule has 0 aliphatic heterocycles. The Morgan fingerprint density at radius 3 is 2.67 bits per heavy atom. The van der Waals surface area contributed by atoms with Crippen LogP contribution in [0.25, 0.3) is 0 Å². The lowest BCUT2D eigenvalue weighted by Crippen LogP contribution is -2.12. The lowest BCUT2D eigenvalue weighted by molar-refractivity contribution is 0.581. The number of halogens is 1. The summed E-state index contributed by atoms with van der Waals surface area (Å²) < 4.78 is 0. The largest absolute Gasteiger partial charge is 0.320 e. The number of benzene rings is 1. The van der Waals surface area contributed by atoms with Crippen LogP contribution >= 0.6 is 11.6 Å². The molecule has 2 heteroatoms. The molecule has 0 saturated carbocycles. The summed E-state index contributed by atoms with van der Waals surface area (Å²) in [5.74, 6) is 0.575. The van der Waals surface area contributed by atoms with Crippen LogP contribution < -0.4 is 5.32 Å². The number of nitrogens with one attached hydrogen (secondary N) is 1. The van der Waals surface area contributed by atoms with Gasteiger partial charge >= 0.3 is 0 Å². The Bertz CT molecular complexity index is 309. The fourth-order valence-electron chi connectivity index (χ4n) is 1.86. The molecule has 0 radical (unpaired) electrons. The quantitative estimate of drug-likeness (QED) is 0.805. The summed E-state index contributed by atoms with van der Waals surface area (Å²) in [4.78, 5) is 0. The summed E-state index contributed by atoms with van der Waals surface area (Å²) in [6, 6.07) is 6.36. The number of aryl methyl sites for hydroxylation is 1. The van der Waals surface area contributed by atoms with E-state index in [-0.39, 0.29) is 0 Å². The van der Waals surface area contributed by atoms with Crippen molar-refractivity contribution in [1.82, 2.24) is 5.32 Å². The van der Waals surface area contributed by atoms with E-state index in [4.69, 9.17) is 11.6 Å². The maximum absolute atomic E-state index is 6.26. The highest BCUT2D eigenvalue weighted by Gasteiger charge is 2.12. The van der Waals surface area contributed by atoms with Crippen molar-refractivity contribution < 1.29 is 0 Å². The van der Waals surface area contributed by atoms with Crippen LogP contribution in [0.5, 0.6) is 0 Å². The second-order valence-electron chi connectivity index (χ2n) is 4.02. The standard InChI is InChI=1S/C13H20ClN/c1-4-11(7-8-15-3)12-6-5-10(2)9-13(12)14/h5-6,9,11,15H,4,7-8H2,1-3H3. The van der Waals surface area contributed by atoms with Gasteiger partial charge < -0.3 is 5.32 Å². The fourth-order valence-corrected chi connectivity index (χ4v) is 2.25. The number of hydrogen-bond acceptors (Lipinski definition) is 1. The van der Waals surface area contributed by atoms with Gasteiger partial charge in [0.2, 0.25) is 0 Å². The zero-order valence-corrected chi connectivity index (χ0v) is 10.6. The predicted molar refractivity (Wildman–Crippen MR) is 67.8 cm³/mol. The van der Waals surface area contributed by atoms with Crippen LogP contribution in [0.3, 0.4) is 0 Å². The van der Waals surface area contributed by atoms with E-state index < -0.39 is 0 Å². The molecule has 0 aromatic heterocycles. The van der Waals surface area contributed by atoms with E-state index in [9.17, 15) is 0 Å². The molecule has 0 heterocycles. The fraction of sp³-hybridized carbons (Fsp3) is 0.538. The van der Waals surface area contributed by atoms with E-state index in [2.05, 4.69) is 37.4 Å². The summed E-state index contributed by atoms with van der Waals surface area (Å²) in [7, 11) is 1.99. The molecule has 0 spiro atoms. The maximum atomic E-state index is 6.26. The molecule has 1 aromatic carbocycles. The van der Waals surface area contributed by atoms with Gasteiger partial charge in [-0.1, -0.05) is 30.7 Å². The Hall–Kier alpha value is -0.530. The molecule has 0 aliphatic carbocycles. The summed E-state index contributed by atoms with van der Waals surface area (Å²) in [5, 5.41) is 4.10. The molecule has 1 aromatic rings. The summed E-state index contributed by atoms with van der Waals surface area (Å²) in [5.41, 5.74) is 2.52. The molecule has 0 saturated heterocycles. The number of hydrogen-bond donors (Lipinski definition) is 1. The van der Waals surface area contributed by atoms with Gasteiger partial charge in [-0.3, -0.25) is 0 Å². The highest BCUT2D eigenvalue weighted by Crippen LogP contribution is 2.29. The zero-order valence-electron chi connectivity index (χ0n) is 9.81. The van der Waals surface area contributed by atoms with Crippen molar-refractivity contribution in [3.8, 4) is 0 Å². The maximum Gasteiger partial charge on any atom is 0.0443 e. The highest BCUT2D eigenvalue weighted by atomic mass is 35.5. The first-order valence-corrected chi connectivity index (χ1v) is 5.97. The minimum Gasteiger partial charge on any atom is -0.320 e. The minimum atomic E-state index is 0.575. The van der Waals surface area contributed by atoms with E-state index in [1.807, 2.05) is 7.05 Å². The third-order valence-electron chi connectivity index (χ3n) is 2.83. The van der Waals surface area contributed by atoms with Crippen molar-refractivity contribution in [3.63, 3.8) is 0 Å². The molecule has 1 rings (SSSR count). The molecule has 0 amide bonds. The SMILES string of the molecule is CCC(CCNC)c1ccc(C)cc1Cl. The normalized spacial score (nSPS) is 12.8.